The molecule has 0 fully saturated rings. The Bertz CT molecular complexity index is 307. The third-order valence-electron chi connectivity index (χ3n) is 2.94. The van der Waals surface area contributed by atoms with Crippen LogP contribution in [0.1, 0.15) is 32.3 Å². The van der Waals surface area contributed by atoms with Crippen molar-refractivity contribution in [3.05, 3.63) is 29.8 Å². The predicted molar refractivity (Wildman–Crippen MR) is 67.5 cm³/mol. The second-order valence-electron chi connectivity index (χ2n) is 4.41. The van der Waals surface area contributed by atoms with Gasteiger partial charge in [0.15, 0.2) is 0 Å². The van der Waals surface area contributed by atoms with Gasteiger partial charge in [-0.3, -0.25) is 0 Å². The summed E-state index contributed by atoms with van der Waals surface area (Å²) in [7, 11) is 2.11. The molecule has 0 aliphatic rings. The first-order valence-corrected chi connectivity index (χ1v) is 5.59. The smallest absolute Gasteiger partial charge is 0.0401 e. The summed E-state index contributed by atoms with van der Waals surface area (Å²) in [6.07, 6.45) is 0. The summed E-state index contributed by atoms with van der Waals surface area (Å²) in [6, 6.07) is 8.92. The van der Waals surface area contributed by atoms with Crippen LogP contribution in [0.15, 0.2) is 24.3 Å². The Morgan fingerprint density at radius 1 is 1.20 bits per heavy atom. The summed E-state index contributed by atoms with van der Waals surface area (Å²) in [5, 5.41) is 0. The Balaban J connectivity index is 3.02. The van der Waals surface area contributed by atoms with E-state index in [-0.39, 0.29) is 0 Å². The molecule has 0 aliphatic carbocycles. The van der Waals surface area contributed by atoms with E-state index in [1.807, 2.05) is 0 Å². The Morgan fingerprint density at radius 2 is 1.80 bits per heavy atom. The van der Waals surface area contributed by atoms with E-state index in [1.54, 1.807) is 0 Å². The minimum Gasteiger partial charge on any atom is -0.370 e. The Kier molecular flexibility index (Phi) is 4.15. The topological polar surface area (TPSA) is 29.3 Å². The quantitative estimate of drug-likeness (QED) is 0.820. The van der Waals surface area contributed by atoms with Gasteiger partial charge in [-0.05, 0) is 24.5 Å². The summed E-state index contributed by atoms with van der Waals surface area (Å²) >= 11 is 0. The zero-order valence-corrected chi connectivity index (χ0v) is 10.2. The molecule has 84 valence electrons. The molecule has 1 aromatic carbocycles. The average Bonchev–Trinajstić information content (AvgIpc) is 2.27. The van der Waals surface area contributed by atoms with Gasteiger partial charge in [0, 0.05) is 25.3 Å². The lowest BCUT2D eigenvalue weighted by molar-refractivity contribution is 0.688. The predicted octanol–water partition coefficient (Wildman–Crippen LogP) is 2.59. The molecule has 15 heavy (non-hydrogen) atoms. The third-order valence-corrected chi connectivity index (χ3v) is 2.94. The minimum atomic E-state index is 0.380. The monoisotopic (exact) mass is 206 g/mol. The fraction of sp³-hybridized carbons (Fsp3) is 0.538. The van der Waals surface area contributed by atoms with Gasteiger partial charge in [-0.1, -0.05) is 32.0 Å². The molecule has 0 amide bonds. The molecular weight excluding hydrogens is 184 g/mol. The van der Waals surface area contributed by atoms with Crippen LogP contribution in [0.2, 0.25) is 0 Å². The Labute approximate surface area is 93.1 Å². The van der Waals surface area contributed by atoms with Crippen molar-refractivity contribution in [1.29, 1.82) is 0 Å². The molecule has 2 N–H and O–H groups in total. The van der Waals surface area contributed by atoms with E-state index in [9.17, 15) is 0 Å². The fourth-order valence-electron chi connectivity index (χ4n) is 1.69. The number of benzene rings is 1. The van der Waals surface area contributed by atoms with Gasteiger partial charge in [-0.2, -0.15) is 0 Å². The zero-order chi connectivity index (χ0) is 11.4. The second-order valence-corrected chi connectivity index (χ2v) is 4.41. The molecular formula is C13H22N2. The van der Waals surface area contributed by atoms with Crippen LogP contribution in [-0.2, 0) is 0 Å². The van der Waals surface area contributed by atoms with Crippen molar-refractivity contribution in [3.8, 4) is 0 Å². The first kappa shape index (κ1) is 12.1. The minimum absolute atomic E-state index is 0.380. The van der Waals surface area contributed by atoms with E-state index in [0.717, 1.165) is 0 Å². The maximum absolute atomic E-state index is 5.69. The number of likely N-dealkylation sites (N-methyl/N-ethyl adjacent to an activating group) is 1. The summed E-state index contributed by atoms with van der Waals surface area (Å²) in [4.78, 5) is 2.26. The van der Waals surface area contributed by atoms with Crippen LogP contribution in [0, 0.1) is 0 Å². The Hall–Kier alpha value is -1.02. The van der Waals surface area contributed by atoms with Crippen molar-refractivity contribution < 1.29 is 0 Å². The van der Waals surface area contributed by atoms with Gasteiger partial charge in [0.05, 0.1) is 0 Å². The maximum Gasteiger partial charge on any atom is 0.0401 e. The van der Waals surface area contributed by atoms with Crippen molar-refractivity contribution in [1.82, 2.24) is 0 Å². The lowest BCUT2D eigenvalue weighted by atomic mass is 10.00. The van der Waals surface area contributed by atoms with Crippen LogP contribution in [0.25, 0.3) is 0 Å². The molecule has 0 radical (unpaired) electrons. The maximum atomic E-state index is 5.69. The van der Waals surface area contributed by atoms with Gasteiger partial charge >= 0.3 is 0 Å². The van der Waals surface area contributed by atoms with Gasteiger partial charge in [-0.25, -0.2) is 0 Å². The molecule has 0 aromatic heterocycles. The number of para-hydroxylation sites is 1. The summed E-state index contributed by atoms with van der Waals surface area (Å²) in [5.74, 6) is 0.550. The van der Waals surface area contributed by atoms with E-state index < -0.39 is 0 Å². The van der Waals surface area contributed by atoms with Crippen LogP contribution in [0.5, 0.6) is 0 Å². The van der Waals surface area contributed by atoms with Crippen molar-refractivity contribution in [3.63, 3.8) is 0 Å². The van der Waals surface area contributed by atoms with Crippen molar-refractivity contribution in [2.75, 3.05) is 18.5 Å². The Morgan fingerprint density at radius 3 is 2.33 bits per heavy atom. The lowest BCUT2D eigenvalue weighted by Gasteiger charge is -2.29. The van der Waals surface area contributed by atoms with E-state index in [1.165, 1.54) is 11.3 Å². The van der Waals surface area contributed by atoms with E-state index in [4.69, 9.17) is 5.73 Å². The van der Waals surface area contributed by atoms with E-state index in [0.29, 0.717) is 18.5 Å². The number of anilines is 1. The van der Waals surface area contributed by atoms with Crippen molar-refractivity contribution in [2.24, 2.45) is 5.73 Å². The van der Waals surface area contributed by atoms with E-state index in [2.05, 4.69) is 57.0 Å². The molecule has 0 heterocycles. The first-order chi connectivity index (χ1) is 7.07. The molecule has 1 unspecified atom stereocenters. The van der Waals surface area contributed by atoms with Gasteiger partial charge < -0.3 is 10.6 Å². The fourth-order valence-corrected chi connectivity index (χ4v) is 1.69. The highest BCUT2D eigenvalue weighted by Crippen LogP contribution is 2.27. The number of hydrogen-bond donors (Lipinski definition) is 1. The molecule has 0 bridgehead atoms. The molecule has 0 saturated heterocycles. The molecule has 1 atom stereocenters. The van der Waals surface area contributed by atoms with Crippen LogP contribution in [0.4, 0.5) is 5.69 Å². The van der Waals surface area contributed by atoms with Gasteiger partial charge in [0.25, 0.3) is 0 Å². The van der Waals surface area contributed by atoms with Crippen molar-refractivity contribution >= 4 is 5.69 Å². The number of nitrogens with zero attached hydrogens (tertiary/aromatic N) is 1. The average molecular weight is 206 g/mol. The highest BCUT2D eigenvalue weighted by atomic mass is 15.1. The van der Waals surface area contributed by atoms with E-state index >= 15 is 0 Å². The molecule has 1 aromatic rings. The molecule has 2 nitrogen and oxygen atoms in total. The largest absolute Gasteiger partial charge is 0.370 e. The normalized spacial score (nSPS) is 12.9. The summed E-state index contributed by atoms with van der Waals surface area (Å²) < 4.78 is 0. The van der Waals surface area contributed by atoms with Crippen LogP contribution >= 0.6 is 0 Å². The van der Waals surface area contributed by atoms with Crippen molar-refractivity contribution in [2.45, 2.75) is 32.7 Å². The second kappa shape index (κ2) is 5.17. The highest BCUT2D eigenvalue weighted by Gasteiger charge is 2.13. The lowest BCUT2D eigenvalue weighted by Crippen LogP contribution is -2.35. The first-order valence-electron chi connectivity index (χ1n) is 5.59. The molecule has 1 rings (SSSR count). The SMILES string of the molecule is CC(C)c1ccccc1N(C)C(C)CN. The summed E-state index contributed by atoms with van der Waals surface area (Å²) in [6.45, 7) is 7.28. The molecule has 2 heteroatoms. The summed E-state index contributed by atoms with van der Waals surface area (Å²) in [5.41, 5.74) is 8.38. The van der Waals surface area contributed by atoms with Gasteiger partial charge in [0.1, 0.15) is 0 Å². The molecule has 0 saturated carbocycles. The third kappa shape index (κ3) is 2.72. The number of nitrogens with two attached hydrogens (primary N) is 1. The highest BCUT2D eigenvalue weighted by molar-refractivity contribution is 5.55. The zero-order valence-electron chi connectivity index (χ0n) is 10.2. The molecule has 0 aliphatic heterocycles. The van der Waals surface area contributed by atoms with Crippen LogP contribution < -0.4 is 10.6 Å². The van der Waals surface area contributed by atoms with Crippen LogP contribution in [-0.4, -0.2) is 19.6 Å². The molecule has 0 spiro atoms. The standard InChI is InChI=1S/C13H22N2/c1-10(2)12-7-5-6-8-13(12)15(4)11(3)9-14/h5-8,10-11H,9,14H2,1-4H3. The number of rotatable bonds is 4. The van der Waals surface area contributed by atoms with Gasteiger partial charge in [-0.15, -0.1) is 0 Å². The number of hydrogen-bond acceptors (Lipinski definition) is 2. The van der Waals surface area contributed by atoms with Crippen LogP contribution in [0.3, 0.4) is 0 Å². The van der Waals surface area contributed by atoms with Gasteiger partial charge in [0.2, 0.25) is 0 Å².